The van der Waals surface area contributed by atoms with Crippen LogP contribution in [-0.4, -0.2) is 84.0 Å². The summed E-state index contributed by atoms with van der Waals surface area (Å²) in [5.41, 5.74) is 1.50. The van der Waals surface area contributed by atoms with Gasteiger partial charge in [-0.15, -0.1) is 10.2 Å². The second kappa shape index (κ2) is 11.7. The third-order valence-corrected chi connectivity index (χ3v) is 6.73. The number of nitrogens with zero attached hydrogens (tertiary/aromatic N) is 6. The van der Waals surface area contributed by atoms with Crippen molar-refractivity contribution in [1.82, 2.24) is 30.3 Å². The van der Waals surface area contributed by atoms with E-state index in [-0.39, 0.29) is 0 Å². The fourth-order valence-electron chi connectivity index (χ4n) is 3.94. The van der Waals surface area contributed by atoms with Crippen molar-refractivity contribution in [2.24, 2.45) is 0 Å². The standard InChI is InChI=1S/C18H27N6O5P.H3O4P/c25-30(27-21-11-3-4-12-21,28-22-13-5-6-14-22)29-23-15-7-10-18(23)26-24-17-9-2-1-8-16(17)19-20-24;1-5(2,3)4/h1-2,8-9,18H,3-7,10-15H2;(H3,1,2,3,4). The van der Waals surface area contributed by atoms with Gasteiger partial charge in [0.25, 0.3) is 0 Å². The highest BCUT2D eigenvalue weighted by molar-refractivity contribution is 7.48. The molecule has 35 heavy (non-hydrogen) atoms. The molecule has 3 saturated heterocycles. The van der Waals surface area contributed by atoms with Crippen LogP contribution in [0.15, 0.2) is 24.3 Å². The lowest BCUT2D eigenvalue weighted by Gasteiger charge is -2.30. The number of aromatic nitrogens is 3. The van der Waals surface area contributed by atoms with Gasteiger partial charge < -0.3 is 19.5 Å². The lowest BCUT2D eigenvalue weighted by atomic mass is 10.3. The average Bonchev–Trinajstić information content (AvgIpc) is 3.58. The molecule has 3 fully saturated rings. The van der Waals surface area contributed by atoms with Crippen LogP contribution in [0.5, 0.6) is 0 Å². The molecular weight excluding hydrogens is 506 g/mol. The van der Waals surface area contributed by atoms with Crippen LogP contribution in [0.3, 0.4) is 0 Å². The SMILES string of the molecule is O=P(O)(O)O.O=P(ON1CCCC1)(ON1CCCC1)ON1CCCC1On1nnc2ccccc21. The Morgan fingerprint density at radius 3 is 2.00 bits per heavy atom. The molecular formula is C18H30N6O9P2. The van der Waals surface area contributed by atoms with Gasteiger partial charge >= 0.3 is 15.6 Å². The largest absolute Gasteiger partial charge is 0.525 e. The zero-order chi connectivity index (χ0) is 24.9. The van der Waals surface area contributed by atoms with Crippen LogP contribution >= 0.6 is 15.6 Å². The molecule has 2 aromatic rings. The summed E-state index contributed by atoms with van der Waals surface area (Å²) in [5, 5.41) is 13.1. The molecule has 5 rings (SSSR count). The summed E-state index contributed by atoms with van der Waals surface area (Å²) in [6, 6.07) is 7.55. The molecule has 1 aromatic carbocycles. The average molecular weight is 536 g/mol. The Hall–Kier alpha value is -1.48. The molecule has 0 bridgehead atoms. The van der Waals surface area contributed by atoms with Crippen molar-refractivity contribution in [3.8, 4) is 0 Å². The van der Waals surface area contributed by atoms with Crippen LogP contribution in [0.2, 0.25) is 0 Å². The van der Waals surface area contributed by atoms with E-state index < -0.39 is 21.9 Å². The molecule has 0 aliphatic carbocycles. The fraction of sp³-hybridized carbons (Fsp3) is 0.667. The van der Waals surface area contributed by atoms with E-state index >= 15 is 0 Å². The van der Waals surface area contributed by atoms with Gasteiger partial charge in [0.2, 0.25) is 6.23 Å². The lowest BCUT2D eigenvalue weighted by molar-refractivity contribution is -0.219. The highest BCUT2D eigenvalue weighted by Crippen LogP contribution is 2.53. The number of rotatable bonds is 8. The summed E-state index contributed by atoms with van der Waals surface area (Å²) in [4.78, 5) is 29.0. The summed E-state index contributed by atoms with van der Waals surface area (Å²) < 4.78 is 39.8. The molecule has 17 heteroatoms. The zero-order valence-electron chi connectivity index (χ0n) is 19.0. The number of benzene rings is 1. The maximum absolute atomic E-state index is 13.6. The maximum atomic E-state index is 13.6. The van der Waals surface area contributed by atoms with E-state index in [1.165, 1.54) is 4.85 Å². The van der Waals surface area contributed by atoms with Gasteiger partial charge in [0, 0.05) is 39.1 Å². The Morgan fingerprint density at radius 2 is 1.40 bits per heavy atom. The van der Waals surface area contributed by atoms with Crippen molar-refractivity contribution >= 4 is 26.7 Å². The molecule has 1 atom stereocenters. The first kappa shape index (κ1) is 26.6. The summed E-state index contributed by atoms with van der Waals surface area (Å²) in [5.74, 6) is 0. The molecule has 15 nitrogen and oxygen atoms in total. The third-order valence-electron chi connectivity index (χ3n) is 5.46. The third kappa shape index (κ3) is 8.00. The van der Waals surface area contributed by atoms with Gasteiger partial charge in [-0.25, -0.2) is 9.13 Å². The highest BCUT2D eigenvalue weighted by atomic mass is 31.2. The Morgan fingerprint density at radius 1 is 0.829 bits per heavy atom. The number of fused-ring (bicyclic) bond motifs is 1. The van der Waals surface area contributed by atoms with E-state index in [9.17, 15) is 4.57 Å². The Kier molecular flexibility index (Phi) is 8.90. The van der Waals surface area contributed by atoms with Gasteiger partial charge in [0.1, 0.15) is 11.0 Å². The van der Waals surface area contributed by atoms with Gasteiger partial charge in [0.05, 0.1) is 0 Å². The predicted molar refractivity (Wildman–Crippen MR) is 121 cm³/mol. The second-order valence-electron chi connectivity index (χ2n) is 8.27. The van der Waals surface area contributed by atoms with E-state index in [2.05, 4.69) is 10.3 Å². The second-order valence-corrected chi connectivity index (χ2v) is 10.7. The molecule has 3 aliphatic heterocycles. The number of hydrogen-bond acceptors (Lipinski definition) is 11. The predicted octanol–water partition coefficient (Wildman–Crippen LogP) is 1.45. The molecule has 1 unspecified atom stereocenters. The maximum Gasteiger partial charge on any atom is 0.525 e. The topological polar surface area (TPSA) is 172 Å². The molecule has 0 amide bonds. The quantitative estimate of drug-likeness (QED) is 0.414. The summed E-state index contributed by atoms with van der Waals surface area (Å²) >= 11 is 0. The summed E-state index contributed by atoms with van der Waals surface area (Å²) in [6.45, 7) is 3.39. The van der Waals surface area contributed by atoms with E-state index in [0.717, 1.165) is 43.1 Å². The van der Waals surface area contributed by atoms with Crippen LogP contribution in [0, 0.1) is 0 Å². The number of phosphoric acid groups is 2. The number of para-hydroxylation sites is 1. The van der Waals surface area contributed by atoms with Crippen molar-refractivity contribution in [3.05, 3.63) is 24.3 Å². The fourth-order valence-corrected chi connectivity index (χ4v) is 5.37. The van der Waals surface area contributed by atoms with E-state index in [1.54, 1.807) is 15.2 Å². The Bertz CT molecular complexity index is 1030. The Balaban J connectivity index is 0.000000527. The highest BCUT2D eigenvalue weighted by Gasteiger charge is 2.42. The van der Waals surface area contributed by atoms with Gasteiger partial charge in [-0.3, -0.25) is 0 Å². The monoisotopic (exact) mass is 536 g/mol. The lowest BCUT2D eigenvalue weighted by Crippen LogP contribution is -2.39. The van der Waals surface area contributed by atoms with Crippen LogP contribution in [0.1, 0.15) is 38.5 Å². The van der Waals surface area contributed by atoms with E-state index in [0.29, 0.717) is 39.1 Å². The molecule has 3 N–H and O–H groups in total. The molecule has 196 valence electrons. The minimum atomic E-state index is -4.64. The van der Waals surface area contributed by atoms with E-state index in [4.69, 9.17) is 38.0 Å². The van der Waals surface area contributed by atoms with Crippen molar-refractivity contribution in [1.29, 1.82) is 0 Å². The normalized spacial score (nSPS) is 22.5. The van der Waals surface area contributed by atoms with Crippen LogP contribution in [0.4, 0.5) is 0 Å². The van der Waals surface area contributed by atoms with Crippen LogP contribution in [0.25, 0.3) is 11.0 Å². The van der Waals surface area contributed by atoms with E-state index in [1.807, 2.05) is 24.3 Å². The first-order chi connectivity index (χ1) is 16.7. The molecule has 1 aromatic heterocycles. The molecule has 0 saturated carbocycles. The smallest absolute Gasteiger partial charge is 0.373 e. The van der Waals surface area contributed by atoms with Crippen molar-refractivity contribution in [2.45, 2.75) is 44.8 Å². The summed E-state index contributed by atoms with van der Waals surface area (Å²) in [7, 11) is -8.53. The first-order valence-corrected chi connectivity index (χ1v) is 14.4. The van der Waals surface area contributed by atoms with Crippen LogP contribution < -0.4 is 4.84 Å². The first-order valence-electron chi connectivity index (χ1n) is 11.4. The number of hydroxylamine groups is 6. The van der Waals surface area contributed by atoms with Gasteiger partial charge in [0.15, 0.2) is 0 Å². The number of hydrogen-bond donors (Lipinski definition) is 3. The van der Waals surface area contributed by atoms with Gasteiger partial charge in [-0.1, -0.05) is 17.0 Å². The minimum absolute atomic E-state index is 0.479. The molecule has 3 aliphatic rings. The molecule has 0 spiro atoms. The minimum Gasteiger partial charge on any atom is -0.373 e. The van der Waals surface area contributed by atoms with Crippen molar-refractivity contribution < 1.29 is 42.5 Å². The molecule has 0 radical (unpaired) electrons. The van der Waals surface area contributed by atoms with Crippen LogP contribution in [-0.2, 0) is 23.0 Å². The Labute approximate surface area is 201 Å². The zero-order valence-corrected chi connectivity index (χ0v) is 20.8. The summed E-state index contributed by atoms with van der Waals surface area (Å²) in [6.07, 6.45) is 5.04. The molecule has 4 heterocycles. The van der Waals surface area contributed by atoms with Gasteiger partial charge in [-0.2, -0.15) is 24.0 Å². The van der Waals surface area contributed by atoms with Crippen molar-refractivity contribution in [3.63, 3.8) is 0 Å². The van der Waals surface area contributed by atoms with Crippen molar-refractivity contribution in [2.75, 3.05) is 32.7 Å². The van der Waals surface area contributed by atoms with Gasteiger partial charge in [-0.05, 0) is 49.5 Å².